The summed E-state index contributed by atoms with van der Waals surface area (Å²) in [6.45, 7) is 1.23. The first-order valence-corrected chi connectivity index (χ1v) is 6.99. The lowest BCUT2D eigenvalue weighted by atomic mass is 10.2. The SMILES string of the molecule is CC(OC(=O)c1ccc(Br)o1)C(=O)Nc1ccc(F)c(F)c1F. The third-order valence-corrected chi connectivity index (χ3v) is 3.15. The van der Waals surface area contributed by atoms with E-state index in [4.69, 9.17) is 9.15 Å². The Morgan fingerprint density at radius 3 is 2.48 bits per heavy atom. The first kappa shape index (κ1) is 17.1. The fourth-order valence-corrected chi connectivity index (χ4v) is 1.86. The number of carbonyl (C=O) groups excluding carboxylic acids is 2. The lowest BCUT2D eigenvalue weighted by Crippen LogP contribution is -2.30. The summed E-state index contributed by atoms with van der Waals surface area (Å²) in [6.07, 6.45) is -1.32. The fourth-order valence-electron chi connectivity index (χ4n) is 1.55. The molecule has 5 nitrogen and oxygen atoms in total. The van der Waals surface area contributed by atoms with Gasteiger partial charge in [0, 0.05) is 0 Å². The molecule has 2 rings (SSSR count). The molecule has 0 saturated carbocycles. The van der Waals surface area contributed by atoms with Gasteiger partial charge in [-0.25, -0.2) is 18.0 Å². The minimum atomic E-state index is -1.71. The highest BCUT2D eigenvalue weighted by atomic mass is 79.9. The highest BCUT2D eigenvalue weighted by molar-refractivity contribution is 9.10. The summed E-state index contributed by atoms with van der Waals surface area (Å²) in [7, 11) is 0. The second-order valence-electron chi connectivity index (χ2n) is 4.36. The molecule has 0 radical (unpaired) electrons. The maximum absolute atomic E-state index is 13.5. The first-order chi connectivity index (χ1) is 10.8. The van der Waals surface area contributed by atoms with Gasteiger partial charge in [-0.3, -0.25) is 4.79 Å². The van der Waals surface area contributed by atoms with E-state index in [-0.39, 0.29) is 5.76 Å². The van der Waals surface area contributed by atoms with Crippen molar-refractivity contribution >= 4 is 33.5 Å². The van der Waals surface area contributed by atoms with Crippen LogP contribution in [0, 0.1) is 17.5 Å². The number of amides is 1. The van der Waals surface area contributed by atoms with Crippen molar-refractivity contribution < 1.29 is 31.9 Å². The molecule has 0 aliphatic heterocycles. The summed E-state index contributed by atoms with van der Waals surface area (Å²) in [5, 5.41) is 2.00. The second-order valence-corrected chi connectivity index (χ2v) is 5.15. The van der Waals surface area contributed by atoms with Crippen molar-refractivity contribution in [1.82, 2.24) is 0 Å². The van der Waals surface area contributed by atoms with Gasteiger partial charge in [0.2, 0.25) is 5.76 Å². The van der Waals surface area contributed by atoms with E-state index in [1.807, 2.05) is 5.32 Å². The molecule has 2 aromatic rings. The van der Waals surface area contributed by atoms with Crippen LogP contribution >= 0.6 is 15.9 Å². The van der Waals surface area contributed by atoms with Gasteiger partial charge in [-0.1, -0.05) is 0 Å². The Morgan fingerprint density at radius 2 is 1.87 bits per heavy atom. The van der Waals surface area contributed by atoms with Gasteiger partial charge < -0.3 is 14.5 Å². The third-order valence-electron chi connectivity index (χ3n) is 2.72. The van der Waals surface area contributed by atoms with Crippen LogP contribution in [0.4, 0.5) is 18.9 Å². The van der Waals surface area contributed by atoms with Crippen molar-refractivity contribution in [2.75, 3.05) is 5.32 Å². The molecule has 0 fully saturated rings. The number of hydrogen-bond acceptors (Lipinski definition) is 4. The highest BCUT2D eigenvalue weighted by Gasteiger charge is 2.23. The lowest BCUT2D eigenvalue weighted by Gasteiger charge is -2.13. The van der Waals surface area contributed by atoms with Crippen LogP contribution < -0.4 is 5.32 Å². The Kier molecular flexibility index (Phi) is 5.09. The Morgan fingerprint density at radius 1 is 1.17 bits per heavy atom. The molecule has 0 bridgehead atoms. The average molecular weight is 392 g/mol. The monoisotopic (exact) mass is 391 g/mol. The number of halogens is 4. The highest BCUT2D eigenvalue weighted by Crippen LogP contribution is 2.20. The zero-order valence-corrected chi connectivity index (χ0v) is 13.1. The van der Waals surface area contributed by atoms with Crippen LogP contribution in [0.25, 0.3) is 0 Å². The number of rotatable bonds is 4. The number of benzene rings is 1. The van der Waals surface area contributed by atoms with Crippen LogP contribution in [0.2, 0.25) is 0 Å². The summed E-state index contributed by atoms with van der Waals surface area (Å²) in [5.41, 5.74) is -0.572. The molecule has 9 heteroatoms. The third kappa shape index (κ3) is 3.92. The van der Waals surface area contributed by atoms with Gasteiger partial charge in [0.15, 0.2) is 28.2 Å². The van der Waals surface area contributed by atoms with E-state index >= 15 is 0 Å². The predicted octanol–water partition coefficient (Wildman–Crippen LogP) is 3.64. The van der Waals surface area contributed by atoms with E-state index < -0.39 is 41.1 Å². The van der Waals surface area contributed by atoms with Gasteiger partial charge in [0.25, 0.3) is 5.91 Å². The van der Waals surface area contributed by atoms with Crippen LogP contribution in [-0.2, 0) is 9.53 Å². The van der Waals surface area contributed by atoms with Crippen molar-refractivity contribution in [3.63, 3.8) is 0 Å². The molecule has 1 heterocycles. The Balaban J connectivity index is 2.03. The van der Waals surface area contributed by atoms with E-state index in [0.29, 0.717) is 10.7 Å². The molecule has 0 aliphatic carbocycles. The Labute approximate surface area is 136 Å². The summed E-state index contributed by atoms with van der Waals surface area (Å²) in [4.78, 5) is 23.5. The topological polar surface area (TPSA) is 68.5 Å². The Bertz CT molecular complexity index is 762. The van der Waals surface area contributed by atoms with Crippen molar-refractivity contribution in [2.45, 2.75) is 13.0 Å². The number of anilines is 1. The maximum atomic E-state index is 13.5. The van der Waals surface area contributed by atoms with Gasteiger partial charge in [0.05, 0.1) is 5.69 Å². The molecule has 0 spiro atoms. The summed E-state index contributed by atoms with van der Waals surface area (Å²) >= 11 is 3.00. The van der Waals surface area contributed by atoms with Gasteiger partial charge in [-0.2, -0.15) is 0 Å². The molecule has 1 atom stereocenters. The average Bonchev–Trinajstić information content (AvgIpc) is 2.94. The van der Waals surface area contributed by atoms with Gasteiger partial charge in [-0.15, -0.1) is 0 Å². The number of carbonyl (C=O) groups is 2. The van der Waals surface area contributed by atoms with Crippen molar-refractivity contribution in [2.24, 2.45) is 0 Å². The molecule has 122 valence electrons. The summed E-state index contributed by atoms with van der Waals surface area (Å²) in [6, 6.07) is 4.29. The van der Waals surface area contributed by atoms with Crippen molar-refractivity contribution in [3.05, 3.63) is 52.1 Å². The lowest BCUT2D eigenvalue weighted by molar-refractivity contribution is -0.123. The van der Waals surface area contributed by atoms with Crippen LogP contribution in [0.15, 0.2) is 33.4 Å². The van der Waals surface area contributed by atoms with Crippen molar-refractivity contribution in [3.8, 4) is 0 Å². The van der Waals surface area contributed by atoms with Crippen LogP contribution in [0.5, 0.6) is 0 Å². The maximum Gasteiger partial charge on any atom is 0.375 e. The fraction of sp³-hybridized carbons (Fsp3) is 0.143. The van der Waals surface area contributed by atoms with Crippen LogP contribution in [0.3, 0.4) is 0 Å². The molecule has 1 aromatic heterocycles. The van der Waals surface area contributed by atoms with E-state index in [9.17, 15) is 22.8 Å². The molecule has 23 heavy (non-hydrogen) atoms. The molecular formula is C14H9BrF3NO4. The van der Waals surface area contributed by atoms with Gasteiger partial charge >= 0.3 is 5.97 Å². The van der Waals surface area contributed by atoms with E-state index in [1.54, 1.807) is 0 Å². The molecule has 1 unspecified atom stereocenters. The molecular weight excluding hydrogens is 383 g/mol. The van der Waals surface area contributed by atoms with Crippen LogP contribution in [0.1, 0.15) is 17.5 Å². The molecule has 0 saturated heterocycles. The van der Waals surface area contributed by atoms with E-state index in [1.165, 1.54) is 19.1 Å². The smallest absolute Gasteiger partial charge is 0.375 e. The zero-order valence-electron chi connectivity index (χ0n) is 11.5. The van der Waals surface area contributed by atoms with E-state index in [0.717, 1.165) is 6.07 Å². The minimum absolute atomic E-state index is 0.143. The zero-order chi connectivity index (χ0) is 17.1. The minimum Gasteiger partial charge on any atom is -0.447 e. The standard InChI is InChI=1S/C14H9BrF3NO4/c1-6(22-14(21)9-4-5-10(15)23-9)13(20)19-8-3-2-7(16)11(17)12(8)18/h2-6H,1H3,(H,19,20). The number of hydrogen-bond donors (Lipinski definition) is 1. The predicted molar refractivity (Wildman–Crippen MR) is 76.2 cm³/mol. The number of ether oxygens (including phenoxy) is 1. The summed E-state index contributed by atoms with van der Waals surface area (Å²) in [5.74, 6) is -6.63. The molecule has 0 aliphatic rings. The first-order valence-electron chi connectivity index (χ1n) is 6.20. The summed E-state index contributed by atoms with van der Waals surface area (Å²) < 4.78 is 49.4. The Hall–Kier alpha value is -2.29. The molecule has 1 N–H and O–H groups in total. The normalized spacial score (nSPS) is 11.9. The second kappa shape index (κ2) is 6.86. The molecule has 1 aromatic carbocycles. The molecule has 1 amide bonds. The van der Waals surface area contributed by atoms with Gasteiger partial charge in [-0.05, 0) is 47.1 Å². The largest absolute Gasteiger partial charge is 0.447 e. The van der Waals surface area contributed by atoms with Crippen LogP contribution in [-0.4, -0.2) is 18.0 Å². The van der Waals surface area contributed by atoms with E-state index in [2.05, 4.69) is 15.9 Å². The quantitative estimate of drug-likeness (QED) is 0.637. The van der Waals surface area contributed by atoms with Gasteiger partial charge in [0.1, 0.15) is 0 Å². The van der Waals surface area contributed by atoms with Crippen molar-refractivity contribution in [1.29, 1.82) is 0 Å². The number of furan rings is 1. The number of nitrogens with one attached hydrogen (secondary N) is 1. The number of esters is 1.